The molecule has 0 amide bonds. The van der Waals surface area contributed by atoms with Gasteiger partial charge in [-0.1, -0.05) is 26.8 Å². The molecule has 0 N–H and O–H groups in total. The van der Waals surface area contributed by atoms with E-state index in [9.17, 15) is 0 Å². The van der Waals surface area contributed by atoms with Crippen LogP contribution in [0.1, 0.15) is 44.7 Å². The fourth-order valence-electron chi connectivity index (χ4n) is 4.69. The van der Waals surface area contributed by atoms with Crippen molar-refractivity contribution in [1.82, 2.24) is 14.8 Å². The maximum Gasteiger partial charge on any atom is 0.231 e. The highest BCUT2D eigenvalue weighted by molar-refractivity contribution is 5.44. The summed E-state index contributed by atoms with van der Waals surface area (Å²) in [6.45, 7) is 14.0. The minimum Gasteiger partial charge on any atom is -0.454 e. The van der Waals surface area contributed by atoms with Gasteiger partial charge < -0.3 is 14.4 Å². The van der Waals surface area contributed by atoms with Crippen LogP contribution in [-0.4, -0.2) is 47.8 Å². The zero-order valence-corrected chi connectivity index (χ0v) is 18.6. The maximum absolute atomic E-state index is 5.59. The molecule has 4 rings (SSSR count). The van der Waals surface area contributed by atoms with Crippen molar-refractivity contribution in [3.63, 3.8) is 0 Å². The number of fused-ring (bicyclic) bond motifs is 1. The second kappa shape index (κ2) is 9.36. The summed E-state index contributed by atoms with van der Waals surface area (Å²) in [5, 5.41) is 0. The molecule has 5 heteroatoms. The van der Waals surface area contributed by atoms with Gasteiger partial charge in [0, 0.05) is 38.6 Å². The van der Waals surface area contributed by atoms with E-state index in [-0.39, 0.29) is 5.41 Å². The maximum atomic E-state index is 5.59. The molecule has 2 aliphatic rings. The predicted molar refractivity (Wildman–Crippen MR) is 120 cm³/mol. The van der Waals surface area contributed by atoms with Crippen molar-refractivity contribution in [2.75, 3.05) is 33.0 Å². The van der Waals surface area contributed by atoms with Gasteiger partial charge in [0.25, 0.3) is 0 Å². The Morgan fingerprint density at radius 3 is 2.47 bits per heavy atom. The smallest absolute Gasteiger partial charge is 0.231 e. The highest BCUT2D eigenvalue weighted by atomic mass is 16.7. The molecular weight excluding hydrogens is 374 g/mol. The molecule has 30 heavy (non-hydrogen) atoms. The molecule has 0 radical (unpaired) electrons. The number of aromatic nitrogens is 1. The van der Waals surface area contributed by atoms with E-state index in [4.69, 9.17) is 9.47 Å². The van der Waals surface area contributed by atoms with Crippen molar-refractivity contribution in [1.29, 1.82) is 0 Å². The van der Waals surface area contributed by atoms with Crippen LogP contribution in [0.15, 0.2) is 42.7 Å². The number of piperidine rings is 1. The molecule has 2 aliphatic heterocycles. The van der Waals surface area contributed by atoms with Crippen LogP contribution >= 0.6 is 0 Å². The molecule has 162 valence electrons. The lowest BCUT2D eigenvalue weighted by atomic mass is 9.89. The highest BCUT2D eigenvalue weighted by Gasteiger charge is 2.27. The minimum atomic E-state index is 0.212. The van der Waals surface area contributed by atoms with Gasteiger partial charge in [0.15, 0.2) is 11.5 Å². The van der Waals surface area contributed by atoms with E-state index < -0.39 is 0 Å². The standard InChI is InChI=1S/C25H35N3O2/c1-20-8-12-27(13-9-20)17-25(2,3)18-28(15-21-6-10-26-11-7-21)16-22-4-5-23-24(14-22)30-19-29-23/h4-7,10-11,14,20H,8-9,12-13,15-19H2,1-3H3. The first-order valence-corrected chi connectivity index (χ1v) is 11.2. The van der Waals surface area contributed by atoms with Gasteiger partial charge in [0.05, 0.1) is 0 Å². The van der Waals surface area contributed by atoms with E-state index in [2.05, 4.69) is 59.8 Å². The summed E-state index contributed by atoms with van der Waals surface area (Å²) in [6, 6.07) is 10.5. The molecule has 0 spiro atoms. The number of pyridine rings is 1. The molecule has 0 bridgehead atoms. The number of likely N-dealkylation sites (tertiary alicyclic amines) is 1. The summed E-state index contributed by atoms with van der Waals surface area (Å²) in [4.78, 5) is 9.39. The molecule has 0 aliphatic carbocycles. The monoisotopic (exact) mass is 409 g/mol. The fraction of sp³-hybridized carbons (Fsp3) is 0.560. The Kier molecular flexibility index (Phi) is 6.59. The van der Waals surface area contributed by atoms with E-state index in [1.807, 2.05) is 18.5 Å². The Bertz CT molecular complexity index is 816. The van der Waals surface area contributed by atoms with Crippen LogP contribution in [0, 0.1) is 11.3 Å². The van der Waals surface area contributed by atoms with Crippen LogP contribution in [0.5, 0.6) is 11.5 Å². The summed E-state index contributed by atoms with van der Waals surface area (Å²) < 4.78 is 11.1. The normalized spacial score (nSPS) is 17.6. The summed E-state index contributed by atoms with van der Waals surface area (Å²) in [7, 11) is 0. The van der Waals surface area contributed by atoms with Gasteiger partial charge in [-0.15, -0.1) is 0 Å². The SMILES string of the molecule is CC1CCN(CC(C)(C)CN(Cc2ccncc2)Cc2ccc3c(c2)OCO3)CC1. The van der Waals surface area contributed by atoms with Gasteiger partial charge in [0.1, 0.15) is 0 Å². The lowest BCUT2D eigenvalue weighted by molar-refractivity contribution is 0.0912. The summed E-state index contributed by atoms with van der Waals surface area (Å²) in [5.74, 6) is 2.58. The van der Waals surface area contributed by atoms with Gasteiger partial charge in [-0.25, -0.2) is 0 Å². The van der Waals surface area contributed by atoms with Gasteiger partial charge in [-0.2, -0.15) is 0 Å². The lowest BCUT2D eigenvalue weighted by Gasteiger charge is -2.39. The van der Waals surface area contributed by atoms with E-state index in [0.29, 0.717) is 6.79 Å². The van der Waals surface area contributed by atoms with Crippen molar-refractivity contribution < 1.29 is 9.47 Å². The highest BCUT2D eigenvalue weighted by Crippen LogP contribution is 2.33. The molecule has 0 saturated carbocycles. The average Bonchev–Trinajstić information content (AvgIpc) is 3.18. The summed E-state index contributed by atoms with van der Waals surface area (Å²) in [5.41, 5.74) is 2.77. The number of hydrogen-bond acceptors (Lipinski definition) is 5. The van der Waals surface area contributed by atoms with Crippen molar-refractivity contribution in [2.24, 2.45) is 11.3 Å². The summed E-state index contributed by atoms with van der Waals surface area (Å²) >= 11 is 0. The second-order valence-corrected chi connectivity index (χ2v) is 9.81. The van der Waals surface area contributed by atoms with Crippen LogP contribution < -0.4 is 9.47 Å². The topological polar surface area (TPSA) is 37.8 Å². The third kappa shape index (κ3) is 5.73. The van der Waals surface area contributed by atoms with Crippen molar-refractivity contribution >= 4 is 0 Å². The van der Waals surface area contributed by atoms with E-state index >= 15 is 0 Å². The molecule has 1 fully saturated rings. The Balaban J connectivity index is 1.45. The lowest BCUT2D eigenvalue weighted by Crippen LogP contribution is -2.44. The number of ether oxygens (including phenoxy) is 2. The van der Waals surface area contributed by atoms with Crippen LogP contribution in [0.3, 0.4) is 0 Å². The quantitative estimate of drug-likeness (QED) is 0.638. The van der Waals surface area contributed by atoms with Crippen LogP contribution in [0.2, 0.25) is 0 Å². The van der Waals surface area contributed by atoms with Gasteiger partial charge in [-0.05, 0) is 72.7 Å². The summed E-state index contributed by atoms with van der Waals surface area (Å²) in [6.07, 6.45) is 6.42. The molecule has 2 aromatic rings. The van der Waals surface area contributed by atoms with Crippen LogP contribution in [0.25, 0.3) is 0 Å². The molecule has 1 aromatic carbocycles. The van der Waals surface area contributed by atoms with E-state index in [1.165, 1.54) is 37.1 Å². The van der Waals surface area contributed by atoms with Crippen LogP contribution in [0.4, 0.5) is 0 Å². The Morgan fingerprint density at radius 2 is 1.70 bits per heavy atom. The predicted octanol–water partition coefficient (Wildman–Crippen LogP) is 4.57. The minimum absolute atomic E-state index is 0.212. The largest absolute Gasteiger partial charge is 0.454 e. The average molecular weight is 410 g/mol. The third-order valence-corrected chi connectivity index (χ3v) is 6.18. The second-order valence-electron chi connectivity index (χ2n) is 9.81. The Labute approximate surface area is 181 Å². The van der Waals surface area contributed by atoms with E-state index in [0.717, 1.165) is 43.6 Å². The van der Waals surface area contributed by atoms with Crippen LogP contribution in [-0.2, 0) is 13.1 Å². The van der Waals surface area contributed by atoms with Gasteiger partial charge >= 0.3 is 0 Å². The molecule has 0 unspecified atom stereocenters. The molecule has 1 saturated heterocycles. The molecule has 0 atom stereocenters. The van der Waals surface area contributed by atoms with Crippen molar-refractivity contribution in [2.45, 2.75) is 46.7 Å². The third-order valence-electron chi connectivity index (χ3n) is 6.18. The van der Waals surface area contributed by atoms with Crippen molar-refractivity contribution in [3.8, 4) is 11.5 Å². The molecule has 1 aromatic heterocycles. The molecule has 3 heterocycles. The first-order chi connectivity index (χ1) is 14.5. The Hall–Kier alpha value is -2.11. The molecule has 5 nitrogen and oxygen atoms in total. The number of hydrogen-bond donors (Lipinski definition) is 0. The van der Waals surface area contributed by atoms with Gasteiger partial charge in [-0.3, -0.25) is 9.88 Å². The van der Waals surface area contributed by atoms with Crippen molar-refractivity contribution in [3.05, 3.63) is 53.9 Å². The fourth-order valence-corrected chi connectivity index (χ4v) is 4.69. The van der Waals surface area contributed by atoms with E-state index in [1.54, 1.807) is 0 Å². The zero-order chi connectivity index (χ0) is 21.0. The molecular formula is C25H35N3O2. The number of nitrogens with zero attached hydrogens (tertiary/aromatic N) is 3. The van der Waals surface area contributed by atoms with Gasteiger partial charge in [0.2, 0.25) is 6.79 Å². The zero-order valence-electron chi connectivity index (χ0n) is 18.6. The number of benzene rings is 1. The first-order valence-electron chi connectivity index (χ1n) is 11.2. The Morgan fingerprint density at radius 1 is 1.00 bits per heavy atom. The first kappa shape index (κ1) is 21.1. The number of rotatable bonds is 8.